The summed E-state index contributed by atoms with van der Waals surface area (Å²) in [4.78, 5) is 13.3. The lowest BCUT2D eigenvalue weighted by Gasteiger charge is -2.18. The highest BCUT2D eigenvalue weighted by molar-refractivity contribution is 8.03. The number of rotatable bonds is 6. The van der Waals surface area contributed by atoms with E-state index in [9.17, 15) is 4.79 Å². The molecule has 3 nitrogen and oxygen atoms in total. The van der Waals surface area contributed by atoms with E-state index in [2.05, 4.69) is 23.5 Å². The second-order valence-corrected chi connectivity index (χ2v) is 6.11. The van der Waals surface area contributed by atoms with Gasteiger partial charge in [0.25, 0.3) is 0 Å². The number of nitrogens with one attached hydrogen (secondary N) is 1. The fourth-order valence-corrected chi connectivity index (χ4v) is 3.16. The van der Waals surface area contributed by atoms with Gasteiger partial charge in [-0.3, -0.25) is 0 Å². The third-order valence-electron chi connectivity index (χ3n) is 3.16. The Hall–Kier alpha value is -1.23. The van der Waals surface area contributed by atoms with Crippen LogP contribution in [0.4, 0.5) is 0 Å². The lowest BCUT2D eigenvalue weighted by molar-refractivity contribution is -0.143. The van der Waals surface area contributed by atoms with E-state index in [1.165, 1.54) is 12.0 Å². The van der Waals surface area contributed by atoms with Gasteiger partial charge >= 0.3 is 5.97 Å². The number of carbonyl (C=O) groups is 1. The van der Waals surface area contributed by atoms with Crippen molar-refractivity contribution in [3.05, 3.63) is 58.0 Å². The molecule has 1 N–H and O–H groups in total. The van der Waals surface area contributed by atoms with Crippen LogP contribution in [0.2, 0.25) is 5.02 Å². The summed E-state index contributed by atoms with van der Waals surface area (Å²) in [6.07, 6.45) is 7.19. The molecule has 0 aliphatic carbocycles. The largest absolute Gasteiger partial charge is 0.468 e. The fourth-order valence-electron chi connectivity index (χ4n) is 2.08. The highest BCUT2D eigenvalue weighted by atomic mass is 35.5. The topological polar surface area (TPSA) is 38.3 Å². The Morgan fingerprint density at radius 2 is 2.29 bits per heavy atom. The molecule has 1 aromatic carbocycles. The monoisotopic (exact) mass is 323 g/mol. The zero-order valence-corrected chi connectivity index (χ0v) is 13.4. The number of thioether (sulfide) groups is 1. The van der Waals surface area contributed by atoms with Crippen LogP contribution in [-0.4, -0.2) is 25.4 Å². The van der Waals surface area contributed by atoms with Crippen molar-refractivity contribution in [1.82, 2.24) is 5.32 Å². The van der Waals surface area contributed by atoms with Crippen LogP contribution in [0.3, 0.4) is 0 Å². The van der Waals surface area contributed by atoms with E-state index >= 15 is 0 Å². The van der Waals surface area contributed by atoms with Crippen molar-refractivity contribution < 1.29 is 9.53 Å². The summed E-state index contributed by atoms with van der Waals surface area (Å²) in [6.45, 7) is 0.692. The molecule has 112 valence electrons. The van der Waals surface area contributed by atoms with Crippen molar-refractivity contribution in [2.45, 2.75) is 12.5 Å². The molecule has 0 saturated carbocycles. The summed E-state index contributed by atoms with van der Waals surface area (Å²) in [7, 11) is 1.39. The molecule has 1 atom stereocenters. The van der Waals surface area contributed by atoms with Gasteiger partial charge in [-0.1, -0.05) is 48.0 Å². The molecule has 2 rings (SSSR count). The third kappa shape index (κ3) is 4.63. The van der Waals surface area contributed by atoms with Gasteiger partial charge in [0.2, 0.25) is 0 Å². The molecular weight excluding hydrogens is 306 g/mol. The van der Waals surface area contributed by atoms with Crippen molar-refractivity contribution in [2.75, 3.05) is 19.4 Å². The quantitative estimate of drug-likeness (QED) is 0.810. The zero-order chi connectivity index (χ0) is 15.1. The minimum absolute atomic E-state index is 0.326. The molecule has 21 heavy (non-hydrogen) atoms. The summed E-state index contributed by atoms with van der Waals surface area (Å²) < 4.78 is 4.87. The van der Waals surface area contributed by atoms with Gasteiger partial charge in [-0.2, -0.15) is 0 Å². The Balaban J connectivity index is 2.00. The van der Waals surface area contributed by atoms with E-state index in [4.69, 9.17) is 16.3 Å². The van der Waals surface area contributed by atoms with E-state index in [1.807, 2.05) is 30.0 Å². The molecule has 1 heterocycles. The summed E-state index contributed by atoms with van der Waals surface area (Å²) >= 11 is 8.00. The molecule has 0 radical (unpaired) electrons. The fraction of sp³-hybridized carbons (Fsp3) is 0.312. The Kier molecular flexibility index (Phi) is 6.36. The van der Waals surface area contributed by atoms with Gasteiger partial charge in [0, 0.05) is 17.3 Å². The van der Waals surface area contributed by atoms with Crippen molar-refractivity contribution in [1.29, 1.82) is 0 Å². The van der Waals surface area contributed by atoms with E-state index in [0.717, 1.165) is 17.7 Å². The van der Waals surface area contributed by atoms with Crippen molar-refractivity contribution in [3.63, 3.8) is 0 Å². The maximum atomic E-state index is 12.0. The van der Waals surface area contributed by atoms with E-state index in [-0.39, 0.29) is 5.97 Å². The number of esters is 1. The summed E-state index contributed by atoms with van der Waals surface area (Å²) in [5.41, 5.74) is 0.746. The van der Waals surface area contributed by atoms with Gasteiger partial charge in [0.15, 0.2) is 0 Å². The molecule has 0 spiro atoms. The lowest BCUT2D eigenvalue weighted by atomic mass is 10.1. The minimum Gasteiger partial charge on any atom is -0.468 e. The number of hydrogen-bond donors (Lipinski definition) is 1. The number of methoxy groups -OCH3 is 1. The van der Waals surface area contributed by atoms with Crippen LogP contribution < -0.4 is 5.32 Å². The summed E-state index contributed by atoms with van der Waals surface area (Å²) in [6, 6.07) is 6.79. The predicted molar refractivity (Wildman–Crippen MR) is 88.5 cm³/mol. The van der Waals surface area contributed by atoms with Crippen LogP contribution in [-0.2, 0) is 9.53 Å². The van der Waals surface area contributed by atoms with Gasteiger partial charge in [-0.25, -0.2) is 4.79 Å². The first-order valence-corrected chi connectivity index (χ1v) is 8.13. The highest BCUT2D eigenvalue weighted by Crippen LogP contribution is 2.25. The van der Waals surface area contributed by atoms with Crippen LogP contribution in [0.1, 0.15) is 18.0 Å². The average molecular weight is 324 g/mol. The van der Waals surface area contributed by atoms with Gasteiger partial charge in [0.05, 0.1) is 7.11 Å². The van der Waals surface area contributed by atoms with Gasteiger partial charge in [-0.15, -0.1) is 11.8 Å². The molecular formula is C16H18ClNO2S. The minimum atomic E-state index is -0.534. The van der Waals surface area contributed by atoms with Crippen LogP contribution in [0.25, 0.3) is 0 Å². The first-order chi connectivity index (χ1) is 10.2. The summed E-state index contributed by atoms with van der Waals surface area (Å²) in [5.74, 6) is 0.685. The summed E-state index contributed by atoms with van der Waals surface area (Å²) in [5, 5.41) is 3.80. The van der Waals surface area contributed by atoms with E-state index in [1.54, 1.807) is 6.07 Å². The Bertz CT molecular complexity index is 557. The standard InChI is InChI=1S/C16H18ClNO2S/c1-20-16(19)15(13-7-2-3-8-14(13)17)18-10-9-12-6-4-5-11-21-12/h2-8,15,18H,9-11H2,1H3. The van der Waals surface area contributed by atoms with Crippen LogP contribution in [0, 0.1) is 0 Å². The average Bonchev–Trinajstić information content (AvgIpc) is 2.53. The number of benzene rings is 1. The molecule has 0 amide bonds. The molecule has 0 aromatic heterocycles. The Labute approximate surface area is 134 Å². The molecule has 5 heteroatoms. The molecule has 1 unspecified atom stereocenters. The second kappa shape index (κ2) is 8.27. The molecule has 0 bridgehead atoms. The first-order valence-electron chi connectivity index (χ1n) is 6.76. The third-order valence-corrected chi connectivity index (χ3v) is 4.57. The zero-order valence-electron chi connectivity index (χ0n) is 11.8. The number of ether oxygens (including phenoxy) is 1. The highest BCUT2D eigenvalue weighted by Gasteiger charge is 2.22. The Morgan fingerprint density at radius 3 is 2.95 bits per heavy atom. The van der Waals surface area contributed by atoms with Crippen LogP contribution >= 0.6 is 23.4 Å². The van der Waals surface area contributed by atoms with E-state index < -0.39 is 6.04 Å². The molecule has 0 fully saturated rings. The van der Waals surface area contributed by atoms with Gasteiger partial charge in [0.1, 0.15) is 6.04 Å². The maximum Gasteiger partial charge on any atom is 0.327 e. The predicted octanol–water partition coefficient (Wildman–Crippen LogP) is 3.72. The van der Waals surface area contributed by atoms with E-state index in [0.29, 0.717) is 11.6 Å². The number of hydrogen-bond acceptors (Lipinski definition) is 4. The number of allylic oxidation sites excluding steroid dienone is 2. The molecule has 1 aliphatic rings. The van der Waals surface area contributed by atoms with Crippen LogP contribution in [0.15, 0.2) is 47.4 Å². The molecule has 0 saturated heterocycles. The van der Waals surface area contributed by atoms with Gasteiger partial charge in [-0.05, 0) is 23.0 Å². The lowest BCUT2D eigenvalue weighted by Crippen LogP contribution is -2.30. The number of halogens is 1. The molecule has 1 aromatic rings. The van der Waals surface area contributed by atoms with Crippen molar-refractivity contribution >= 4 is 29.3 Å². The van der Waals surface area contributed by atoms with Gasteiger partial charge < -0.3 is 10.1 Å². The SMILES string of the molecule is COC(=O)C(NCCC1=CC=CCS1)c1ccccc1Cl. The number of carbonyl (C=O) groups excluding carboxylic acids is 1. The Morgan fingerprint density at radius 1 is 1.48 bits per heavy atom. The maximum absolute atomic E-state index is 12.0. The van der Waals surface area contributed by atoms with Crippen LogP contribution in [0.5, 0.6) is 0 Å². The molecule has 1 aliphatic heterocycles. The van der Waals surface area contributed by atoms with Crippen molar-refractivity contribution in [2.24, 2.45) is 0 Å². The van der Waals surface area contributed by atoms with Crippen molar-refractivity contribution in [3.8, 4) is 0 Å². The normalized spacial score (nSPS) is 15.4. The second-order valence-electron chi connectivity index (χ2n) is 4.55. The smallest absolute Gasteiger partial charge is 0.327 e. The first kappa shape index (κ1) is 16.1.